The van der Waals surface area contributed by atoms with Crippen LogP contribution in [0.4, 0.5) is 15.0 Å². The van der Waals surface area contributed by atoms with Crippen LogP contribution in [0.2, 0.25) is 16.6 Å². The zero-order chi connectivity index (χ0) is 44.1. The molecule has 8 rings (SSSR count). The van der Waals surface area contributed by atoms with Gasteiger partial charge in [0, 0.05) is 42.9 Å². The molecule has 0 aliphatic carbocycles. The molecular formula is C49H65FN6O5Si. The van der Waals surface area contributed by atoms with Gasteiger partial charge in [0.2, 0.25) is 0 Å². The summed E-state index contributed by atoms with van der Waals surface area (Å²) in [6.45, 7) is 23.1. The lowest BCUT2D eigenvalue weighted by Gasteiger charge is -2.42. The molecule has 2 aromatic heterocycles. The van der Waals surface area contributed by atoms with Gasteiger partial charge in [0.05, 0.1) is 23.0 Å². The molecule has 13 heteroatoms. The van der Waals surface area contributed by atoms with E-state index in [4.69, 9.17) is 33.9 Å². The quantitative estimate of drug-likeness (QED) is 0.0823. The number of nitrogens with zero attached hydrogens (tertiary/aromatic N) is 6. The van der Waals surface area contributed by atoms with E-state index in [9.17, 15) is 4.79 Å². The van der Waals surface area contributed by atoms with Crippen LogP contribution in [-0.4, -0.2) is 109 Å². The average Bonchev–Trinajstić information content (AvgIpc) is 3.88. The number of halogens is 1. The molecule has 0 saturated carbocycles. The van der Waals surface area contributed by atoms with Gasteiger partial charge in [0.15, 0.2) is 12.6 Å². The van der Waals surface area contributed by atoms with Crippen LogP contribution in [-0.2, 0) is 9.47 Å². The Hall–Kier alpha value is -4.51. The molecule has 0 radical (unpaired) electrons. The van der Waals surface area contributed by atoms with Crippen LogP contribution in [0.25, 0.3) is 32.9 Å². The van der Waals surface area contributed by atoms with E-state index in [1.54, 1.807) is 13.3 Å². The number of pyridine rings is 1. The molecule has 2 aromatic carbocycles. The van der Waals surface area contributed by atoms with Gasteiger partial charge in [-0.15, -0.1) is 5.54 Å². The van der Waals surface area contributed by atoms with Gasteiger partial charge in [0.25, 0.3) is 0 Å². The number of amides is 1. The van der Waals surface area contributed by atoms with Crippen molar-refractivity contribution in [2.24, 2.45) is 0 Å². The zero-order valence-electron chi connectivity index (χ0n) is 38.4. The summed E-state index contributed by atoms with van der Waals surface area (Å²) in [4.78, 5) is 34.9. The SMILES string of the molecule is COCOc1cc(-c2ncc3c(N4C[C@H]5CC[C@@H](C4)N5C(=O)OC(C)(C)C)nc(OCC45CCCN4CCC5)nc3c2F)c2c(C#C[Si](C(C)C)(C(C)C)C(C)C)cccc2c1. The normalized spacial score (nSPS) is 20.1. The van der Waals surface area contributed by atoms with Gasteiger partial charge >= 0.3 is 12.1 Å². The lowest BCUT2D eigenvalue weighted by molar-refractivity contribution is 0.0122. The topological polar surface area (TPSA) is 102 Å². The number of anilines is 1. The highest BCUT2D eigenvalue weighted by Crippen LogP contribution is 2.44. The third kappa shape index (κ3) is 8.11. The Morgan fingerprint density at radius 2 is 1.65 bits per heavy atom. The van der Waals surface area contributed by atoms with Crippen LogP contribution >= 0.6 is 0 Å². The summed E-state index contributed by atoms with van der Waals surface area (Å²) in [5.41, 5.74) is 6.23. The van der Waals surface area contributed by atoms with Crippen LogP contribution in [0.3, 0.4) is 0 Å². The van der Waals surface area contributed by atoms with Crippen molar-refractivity contribution < 1.29 is 28.1 Å². The van der Waals surface area contributed by atoms with Crippen molar-refractivity contribution in [2.45, 2.75) is 141 Å². The van der Waals surface area contributed by atoms with E-state index in [-0.39, 0.29) is 47.7 Å². The molecule has 2 atom stereocenters. The van der Waals surface area contributed by atoms with Crippen molar-refractivity contribution in [3.05, 3.63) is 47.9 Å². The molecule has 0 N–H and O–H groups in total. The van der Waals surface area contributed by atoms with Crippen LogP contribution in [0.5, 0.6) is 11.8 Å². The van der Waals surface area contributed by atoms with Crippen molar-refractivity contribution in [1.29, 1.82) is 0 Å². The summed E-state index contributed by atoms with van der Waals surface area (Å²) < 4.78 is 41.6. The second-order valence-electron chi connectivity index (χ2n) is 20.0. The molecule has 4 aromatic rings. The third-order valence-electron chi connectivity index (χ3n) is 14.1. The minimum atomic E-state index is -2.11. The predicted molar refractivity (Wildman–Crippen MR) is 246 cm³/mol. The second kappa shape index (κ2) is 17.2. The summed E-state index contributed by atoms with van der Waals surface area (Å²) >= 11 is 0. The number of ether oxygens (including phenoxy) is 4. The maximum atomic E-state index is 17.9. The molecule has 6 heterocycles. The van der Waals surface area contributed by atoms with Gasteiger partial charge in [0.1, 0.15) is 43.1 Å². The van der Waals surface area contributed by atoms with E-state index in [1.807, 2.05) is 56.0 Å². The second-order valence-corrected chi connectivity index (χ2v) is 25.6. The first-order valence-electron chi connectivity index (χ1n) is 22.8. The van der Waals surface area contributed by atoms with Gasteiger partial charge in [-0.3, -0.25) is 14.8 Å². The first kappa shape index (κ1) is 44.1. The minimum absolute atomic E-state index is 0.0305. The first-order chi connectivity index (χ1) is 29.5. The van der Waals surface area contributed by atoms with Crippen molar-refractivity contribution >= 4 is 41.7 Å². The molecule has 4 aliphatic heterocycles. The molecule has 62 heavy (non-hydrogen) atoms. The summed E-state index contributed by atoms with van der Waals surface area (Å²) in [5.74, 6) is 4.18. The Kier molecular flexibility index (Phi) is 12.3. The fourth-order valence-electron chi connectivity index (χ4n) is 11.4. The molecule has 2 bridgehead atoms. The standard InChI is InChI=1S/C49H65FN6O5Si/c1-31(2)62(32(3)4,33(5)6)23-18-34-14-11-15-35-24-38(60-30-58-10)25-39(41(34)35)43-42(50)44-40(26-51-43)45(53-46(52-44)59-29-49-19-12-21-55(49)22-13-20-49)54-27-36-16-17-37(28-54)56(36)47(57)61-48(7,8)9/h11,14-15,24-26,31-33,36-37H,12-13,16-17,19-22,27-30H2,1-10H3/t36-,37+. The molecule has 4 saturated heterocycles. The zero-order valence-corrected chi connectivity index (χ0v) is 39.4. The van der Waals surface area contributed by atoms with E-state index in [0.29, 0.717) is 58.8 Å². The molecule has 0 unspecified atom stereocenters. The monoisotopic (exact) mass is 864 g/mol. The number of fused-ring (bicyclic) bond motifs is 5. The number of carbonyl (C=O) groups is 1. The number of benzene rings is 2. The highest BCUT2D eigenvalue weighted by Gasteiger charge is 2.47. The van der Waals surface area contributed by atoms with Gasteiger partial charge in [-0.05, 0) is 113 Å². The maximum Gasteiger partial charge on any atom is 0.410 e. The number of rotatable bonds is 11. The Bertz CT molecular complexity index is 2340. The number of hydrogen-bond donors (Lipinski definition) is 0. The summed E-state index contributed by atoms with van der Waals surface area (Å²) in [7, 11) is -0.538. The highest BCUT2D eigenvalue weighted by molar-refractivity contribution is 6.90. The molecule has 4 fully saturated rings. The Morgan fingerprint density at radius 1 is 0.968 bits per heavy atom. The Labute approximate surface area is 368 Å². The average molecular weight is 865 g/mol. The molecular weight excluding hydrogens is 800 g/mol. The van der Waals surface area contributed by atoms with E-state index >= 15 is 4.39 Å². The first-order valence-corrected chi connectivity index (χ1v) is 25.0. The Balaban J connectivity index is 1.27. The van der Waals surface area contributed by atoms with Gasteiger partial charge in [-0.25, -0.2) is 9.18 Å². The summed E-state index contributed by atoms with van der Waals surface area (Å²) in [6.07, 6.45) is 7.46. The summed E-state index contributed by atoms with van der Waals surface area (Å²) in [6, 6.07) is 9.80. The van der Waals surface area contributed by atoms with Gasteiger partial charge in [-0.2, -0.15) is 9.97 Å². The molecule has 1 amide bonds. The van der Waals surface area contributed by atoms with Gasteiger partial charge < -0.3 is 23.8 Å². The van der Waals surface area contributed by atoms with Crippen molar-refractivity contribution in [3.63, 3.8) is 0 Å². The van der Waals surface area contributed by atoms with E-state index in [0.717, 1.165) is 68.0 Å². The van der Waals surface area contributed by atoms with Crippen molar-refractivity contribution in [3.8, 4) is 34.5 Å². The lowest BCUT2D eigenvalue weighted by atomic mass is 9.95. The van der Waals surface area contributed by atoms with E-state index in [2.05, 4.69) is 62.8 Å². The number of aromatic nitrogens is 3. The minimum Gasteiger partial charge on any atom is -0.468 e. The number of piperazine rings is 1. The van der Waals surface area contributed by atoms with Crippen molar-refractivity contribution in [1.82, 2.24) is 24.8 Å². The lowest BCUT2D eigenvalue weighted by Crippen LogP contribution is -2.57. The highest BCUT2D eigenvalue weighted by atomic mass is 28.3. The van der Waals surface area contributed by atoms with Crippen LogP contribution in [0.15, 0.2) is 36.5 Å². The smallest absolute Gasteiger partial charge is 0.410 e. The van der Waals surface area contributed by atoms with E-state index < -0.39 is 19.5 Å². The van der Waals surface area contributed by atoms with Gasteiger partial charge in [-0.1, -0.05) is 59.6 Å². The maximum absolute atomic E-state index is 17.9. The molecule has 332 valence electrons. The van der Waals surface area contributed by atoms with Crippen LogP contribution < -0.4 is 14.4 Å². The van der Waals surface area contributed by atoms with Crippen LogP contribution in [0.1, 0.15) is 106 Å². The predicted octanol–water partition coefficient (Wildman–Crippen LogP) is 10.1. The molecule has 11 nitrogen and oxygen atoms in total. The fraction of sp³-hybridized carbons (Fsp3) is 0.592. The fourth-order valence-corrected chi connectivity index (χ4v) is 16.6. The van der Waals surface area contributed by atoms with E-state index in [1.165, 1.54) is 0 Å². The number of carbonyl (C=O) groups excluding carboxylic acids is 1. The molecule has 4 aliphatic rings. The van der Waals surface area contributed by atoms with Crippen LogP contribution in [0, 0.1) is 17.3 Å². The number of hydrogen-bond acceptors (Lipinski definition) is 10. The Morgan fingerprint density at radius 3 is 2.27 bits per heavy atom. The molecule has 0 spiro atoms. The summed E-state index contributed by atoms with van der Waals surface area (Å²) in [5, 5.41) is 2.15. The number of methoxy groups -OCH3 is 1. The van der Waals surface area contributed by atoms with Crippen molar-refractivity contribution in [2.75, 3.05) is 51.6 Å². The third-order valence-corrected chi connectivity index (χ3v) is 20.4. The largest absolute Gasteiger partial charge is 0.468 e.